The van der Waals surface area contributed by atoms with Crippen LogP contribution in [0.4, 0.5) is 0 Å². The molecule has 1 aliphatic carbocycles. The van der Waals surface area contributed by atoms with E-state index in [1.165, 1.54) is 4.90 Å². The van der Waals surface area contributed by atoms with Crippen LogP contribution in [0.2, 0.25) is 0 Å². The Bertz CT molecular complexity index is 612. The number of pyridine rings is 1. The summed E-state index contributed by atoms with van der Waals surface area (Å²) in [5.74, 6) is -1.31. The number of hydrogen-bond acceptors (Lipinski definition) is 3. The molecule has 1 aliphatic rings. The molecule has 1 saturated carbocycles. The van der Waals surface area contributed by atoms with Crippen molar-refractivity contribution in [2.24, 2.45) is 0 Å². The third kappa shape index (κ3) is 2.29. The van der Waals surface area contributed by atoms with E-state index in [9.17, 15) is 9.59 Å². The lowest BCUT2D eigenvalue weighted by Gasteiger charge is -2.18. The monoisotopic (exact) mass is 259 g/mol. The summed E-state index contributed by atoms with van der Waals surface area (Å²) in [6.45, 7) is -0.266. The molecular formula is C13H13N3O3. The lowest BCUT2D eigenvalue weighted by molar-refractivity contribution is -0.137. The Morgan fingerprint density at radius 1 is 1.42 bits per heavy atom. The van der Waals surface area contributed by atoms with Gasteiger partial charge in [-0.15, -0.1) is 0 Å². The zero-order chi connectivity index (χ0) is 13.4. The molecule has 6 nitrogen and oxygen atoms in total. The Kier molecular flexibility index (Phi) is 2.70. The lowest BCUT2D eigenvalue weighted by atomic mass is 10.3. The van der Waals surface area contributed by atoms with Crippen LogP contribution >= 0.6 is 0 Å². The van der Waals surface area contributed by atoms with Gasteiger partial charge in [-0.05, 0) is 25.0 Å². The Morgan fingerprint density at radius 3 is 2.84 bits per heavy atom. The normalized spacial score (nSPS) is 14.5. The van der Waals surface area contributed by atoms with Gasteiger partial charge in [0.05, 0.1) is 0 Å². The molecule has 0 aromatic carbocycles. The highest BCUT2D eigenvalue weighted by atomic mass is 16.4. The van der Waals surface area contributed by atoms with Gasteiger partial charge in [-0.3, -0.25) is 9.59 Å². The fourth-order valence-electron chi connectivity index (χ4n) is 2.08. The number of carboxylic acids is 1. The molecule has 0 unspecified atom stereocenters. The molecule has 2 aromatic rings. The summed E-state index contributed by atoms with van der Waals surface area (Å²) in [5, 5.41) is 8.88. The second kappa shape index (κ2) is 4.38. The van der Waals surface area contributed by atoms with Gasteiger partial charge >= 0.3 is 5.97 Å². The van der Waals surface area contributed by atoms with Crippen LogP contribution in [-0.4, -0.2) is 43.9 Å². The number of carboxylic acid groups (broad SMARTS) is 1. The summed E-state index contributed by atoms with van der Waals surface area (Å²) in [7, 11) is 0. The van der Waals surface area contributed by atoms with E-state index in [1.807, 2.05) is 12.1 Å². The minimum Gasteiger partial charge on any atom is -0.480 e. The number of amides is 1. The lowest BCUT2D eigenvalue weighted by Crippen LogP contribution is -2.37. The number of carbonyl (C=O) groups excluding carboxylic acids is 1. The van der Waals surface area contributed by atoms with Gasteiger partial charge in [-0.1, -0.05) is 6.07 Å². The molecule has 0 aliphatic heterocycles. The molecule has 3 rings (SSSR count). The van der Waals surface area contributed by atoms with Crippen molar-refractivity contribution in [3.05, 3.63) is 36.3 Å². The zero-order valence-corrected chi connectivity index (χ0v) is 10.2. The van der Waals surface area contributed by atoms with Gasteiger partial charge < -0.3 is 14.4 Å². The Labute approximate surface area is 109 Å². The number of aliphatic carboxylic acids is 1. The first-order chi connectivity index (χ1) is 9.15. The van der Waals surface area contributed by atoms with Crippen LogP contribution in [0.15, 0.2) is 30.6 Å². The van der Waals surface area contributed by atoms with Crippen molar-refractivity contribution in [2.75, 3.05) is 6.54 Å². The van der Waals surface area contributed by atoms with E-state index in [4.69, 9.17) is 5.11 Å². The highest BCUT2D eigenvalue weighted by Crippen LogP contribution is 2.27. The van der Waals surface area contributed by atoms with E-state index in [0.717, 1.165) is 12.8 Å². The fraction of sp³-hybridized carbons (Fsp3) is 0.308. The molecule has 0 bridgehead atoms. The van der Waals surface area contributed by atoms with Crippen molar-refractivity contribution in [1.29, 1.82) is 0 Å². The maximum atomic E-state index is 12.3. The molecule has 0 radical (unpaired) electrons. The van der Waals surface area contributed by atoms with E-state index in [0.29, 0.717) is 11.3 Å². The van der Waals surface area contributed by atoms with Crippen LogP contribution in [-0.2, 0) is 4.79 Å². The summed E-state index contributed by atoms with van der Waals surface area (Å²) in [4.78, 5) is 28.8. The highest BCUT2D eigenvalue weighted by molar-refractivity contribution is 5.95. The van der Waals surface area contributed by atoms with Gasteiger partial charge in [0, 0.05) is 18.4 Å². The Balaban J connectivity index is 1.90. The van der Waals surface area contributed by atoms with Crippen LogP contribution in [0.5, 0.6) is 0 Å². The first-order valence-electron chi connectivity index (χ1n) is 6.11. The van der Waals surface area contributed by atoms with E-state index in [2.05, 4.69) is 4.98 Å². The average molecular weight is 259 g/mol. The van der Waals surface area contributed by atoms with E-state index in [1.54, 1.807) is 22.9 Å². The van der Waals surface area contributed by atoms with Gasteiger partial charge in [0.25, 0.3) is 5.91 Å². The number of imidazole rings is 1. The van der Waals surface area contributed by atoms with Crippen LogP contribution in [0.1, 0.15) is 23.3 Å². The summed E-state index contributed by atoms with van der Waals surface area (Å²) in [6, 6.07) is 5.54. The molecule has 6 heteroatoms. The molecule has 0 saturated heterocycles. The first kappa shape index (κ1) is 11.7. The topological polar surface area (TPSA) is 74.9 Å². The second-order valence-electron chi connectivity index (χ2n) is 4.65. The van der Waals surface area contributed by atoms with Crippen LogP contribution < -0.4 is 0 Å². The second-order valence-corrected chi connectivity index (χ2v) is 4.65. The van der Waals surface area contributed by atoms with Crippen molar-refractivity contribution in [3.63, 3.8) is 0 Å². The zero-order valence-electron chi connectivity index (χ0n) is 10.2. The molecule has 19 heavy (non-hydrogen) atoms. The molecule has 2 heterocycles. The third-order valence-corrected chi connectivity index (χ3v) is 3.14. The molecule has 2 aromatic heterocycles. The van der Waals surface area contributed by atoms with E-state index in [-0.39, 0.29) is 18.5 Å². The minimum atomic E-state index is -0.996. The summed E-state index contributed by atoms with van der Waals surface area (Å²) < 4.78 is 1.75. The predicted octanol–water partition coefficient (Wildman–Crippen LogP) is 1.02. The van der Waals surface area contributed by atoms with Gasteiger partial charge in [0.2, 0.25) is 0 Å². The highest BCUT2D eigenvalue weighted by Gasteiger charge is 2.35. The molecule has 1 N–H and O–H groups in total. The Morgan fingerprint density at radius 2 is 2.21 bits per heavy atom. The van der Waals surface area contributed by atoms with Crippen molar-refractivity contribution in [1.82, 2.24) is 14.3 Å². The van der Waals surface area contributed by atoms with Crippen LogP contribution in [0.25, 0.3) is 5.65 Å². The van der Waals surface area contributed by atoms with Gasteiger partial charge in [0.1, 0.15) is 17.9 Å². The van der Waals surface area contributed by atoms with E-state index >= 15 is 0 Å². The standard InChI is InChI=1S/C13H13N3O3/c17-12(18)8-16(9-4-5-9)13(19)10-7-15-6-2-1-3-11(15)14-10/h1-3,6-7,9H,4-5,8H2,(H,17,18). The molecular weight excluding hydrogens is 246 g/mol. The first-order valence-corrected chi connectivity index (χ1v) is 6.11. The number of fused-ring (bicyclic) bond motifs is 1. The maximum Gasteiger partial charge on any atom is 0.323 e. The minimum absolute atomic E-state index is 0.0495. The predicted molar refractivity (Wildman–Crippen MR) is 66.9 cm³/mol. The Hall–Kier alpha value is -2.37. The van der Waals surface area contributed by atoms with Gasteiger partial charge in [-0.2, -0.15) is 0 Å². The van der Waals surface area contributed by atoms with Crippen LogP contribution in [0, 0.1) is 0 Å². The van der Waals surface area contributed by atoms with Gasteiger partial charge in [-0.25, -0.2) is 4.98 Å². The number of nitrogens with zero attached hydrogens (tertiary/aromatic N) is 3. The number of carbonyl (C=O) groups is 2. The van der Waals surface area contributed by atoms with Crippen molar-refractivity contribution >= 4 is 17.5 Å². The summed E-state index contributed by atoms with van der Waals surface area (Å²) >= 11 is 0. The summed E-state index contributed by atoms with van der Waals surface area (Å²) in [6.07, 6.45) is 5.17. The third-order valence-electron chi connectivity index (χ3n) is 3.14. The van der Waals surface area contributed by atoms with E-state index < -0.39 is 5.97 Å². The van der Waals surface area contributed by atoms with Crippen LogP contribution in [0.3, 0.4) is 0 Å². The van der Waals surface area contributed by atoms with Gasteiger partial charge in [0.15, 0.2) is 0 Å². The average Bonchev–Trinajstić information content (AvgIpc) is 3.13. The van der Waals surface area contributed by atoms with Crippen molar-refractivity contribution in [2.45, 2.75) is 18.9 Å². The van der Waals surface area contributed by atoms with Crippen molar-refractivity contribution < 1.29 is 14.7 Å². The van der Waals surface area contributed by atoms with Crippen molar-refractivity contribution in [3.8, 4) is 0 Å². The number of aromatic nitrogens is 2. The number of hydrogen-bond donors (Lipinski definition) is 1. The quantitative estimate of drug-likeness (QED) is 0.889. The SMILES string of the molecule is O=C(O)CN(C(=O)c1cn2ccccc2n1)C1CC1. The molecule has 1 fully saturated rings. The number of rotatable bonds is 4. The molecule has 1 amide bonds. The molecule has 0 spiro atoms. The largest absolute Gasteiger partial charge is 0.480 e. The smallest absolute Gasteiger partial charge is 0.323 e. The summed E-state index contributed by atoms with van der Waals surface area (Å²) in [5.41, 5.74) is 0.969. The molecule has 98 valence electrons. The molecule has 0 atom stereocenters. The maximum absolute atomic E-state index is 12.3. The fourth-order valence-corrected chi connectivity index (χ4v) is 2.08.